The largest absolute Gasteiger partial charge is 0.467 e. The Kier molecular flexibility index (Phi) is 13.3. The summed E-state index contributed by atoms with van der Waals surface area (Å²) in [4.78, 5) is 65.3. The number of rotatable bonds is 10. The van der Waals surface area contributed by atoms with Gasteiger partial charge in [-0.15, -0.1) is 0 Å². The molecule has 1 rings (SSSR count). The van der Waals surface area contributed by atoms with E-state index in [0.29, 0.717) is 4.90 Å². The quantitative estimate of drug-likeness (QED) is 0.272. The van der Waals surface area contributed by atoms with Crippen LogP contribution in [0.2, 0.25) is 0 Å². The van der Waals surface area contributed by atoms with Crippen LogP contribution in [0.15, 0.2) is 30.3 Å². The molecule has 0 aliphatic heterocycles. The minimum absolute atomic E-state index is 0.0110. The van der Waals surface area contributed by atoms with Gasteiger partial charge in [-0.2, -0.15) is 4.90 Å². The Bertz CT molecular complexity index is 1040. The van der Waals surface area contributed by atoms with Gasteiger partial charge in [0.15, 0.2) is 0 Å². The normalized spacial score (nSPS) is 13.2. The first kappa shape index (κ1) is 36.2. The van der Waals surface area contributed by atoms with Crippen LogP contribution in [0.4, 0.5) is 14.4 Å². The Labute approximate surface area is 248 Å². The van der Waals surface area contributed by atoms with Crippen LogP contribution in [-0.2, 0) is 39.9 Å². The van der Waals surface area contributed by atoms with Gasteiger partial charge in [-0.05, 0) is 87.1 Å². The van der Waals surface area contributed by atoms with E-state index in [1.807, 2.05) is 6.07 Å². The minimum atomic E-state index is -1.46. The molecule has 2 atom stereocenters. The second-order valence-electron chi connectivity index (χ2n) is 12.6. The van der Waals surface area contributed by atoms with Crippen molar-refractivity contribution in [3.63, 3.8) is 0 Å². The van der Waals surface area contributed by atoms with Crippen molar-refractivity contribution in [3.8, 4) is 0 Å². The number of methoxy groups -OCH3 is 1. The number of carbonyl (C=O) groups is 5. The molecule has 3 amide bonds. The van der Waals surface area contributed by atoms with E-state index in [4.69, 9.17) is 23.7 Å². The zero-order chi connectivity index (χ0) is 32.3. The fourth-order valence-corrected chi connectivity index (χ4v) is 3.49. The van der Waals surface area contributed by atoms with Gasteiger partial charge in [-0.1, -0.05) is 30.3 Å². The third kappa shape index (κ3) is 14.2. The van der Waals surface area contributed by atoms with Crippen molar-refractivity contribution in [2.75, 3.05) is 7.11 Å². The Hall–Kier alpha value is -3.83. The van der Waals surface area contributed by atoms with E-state index in [-0.39, 0.29) is 25.9 Å². The van der Waals surface area contributed by atoms with E-state index in [0.717, 1.165) is 5.56 Å². The average Bonchev–Trinajstić information content (AvgIpc) is 2.83. The second-order valence-corrected chi connectivity index (χ2v) is 12.6. The molecule has 1 aromatic carbocycles. The third-order valence-corrected chi connectivity index (χ3v) is 5.13. The number of imide groups is 1. The summed E-state index contributed by atoms with van der Waals surface area (Å²) in [5, 5.41) is 2.47. The van der Waals surface area contributed by atoms with Crippen LogP contribution < -0.4 is 5.32 Å². The summed E-state index contributed by atoms with van der Waals surface area (Å²) in [6.07, 6.45) is -3.11. The molecule has 1 aromatic rings. The fraction of sp³-hybridized carbons (Fsp3) is 0.633. The van der Waals surface area contributed by atoms with Crippen molar-refractivity contribution >= 4 is 30.2 Å². The Balaban J connectivity index is 3.18. The highest BCUT2D eigenvalue weighted by molar-refractivity contribution is 5.94. The number of alkyl carbamates (subject to hydrolysis) is 1. The van der Waals surface area contributed by atoms with E-state index in [1.165, 1.54) is 7.11 Å². The molecule has 1 N–H and O–H groups in total. The number of hydrogen-bond donors (Lipinski definition) is 1. The molecule has 0 heterocycles. The SMILES string of the molecule is COC(=O)[C@@H](CCC[C@@H](C(=O)OC(C)(C)C)N(C(=O)OC(C)(C)C)C(=O)OC(C)(C)C)NC(=O)OCc1ccccc1. The number of carbonyl (C=O) groups excluding carboxylic acids is 5. The van der Waals surface area contributed by atoms with Gasteiger partial charge in [0.05, 0.1) is 7.11 Å². The van der Waals surface area contributed by atoms with Gasteiger partial charge in [-0.25, -0.2) is 24.0 Å². The maximum atomic E-state index is 13.3. The molecule has 12 heteroatoms. The van der Waals surface area contributed by atoms with Crippen molar-refractivity contribution in [1.29, 1.82) is 0 Å². The molecule has 0 saturated carbocycles. The molecule has 42 heavy (non-hydrogen) atoms. The van der Waals surface area contributed by atoms with Gasteiger partial charge in [0.2, 0.25) is 0 Å². The van der Waals surface area contributed by atoms with E-state index < -0.39 is 59.1 Å². The number of amides is 3. The first-order valence-corrected chi connectivity index (χ1v) is 13.8. The van der Waals surface area contributed by atoms with Crippen LogP contribution in [0.3, 0.4) is 0 Å². The lowest BCUT2D eigenvalue weighted by Crippen LogP contribution is -2.53. The van der Waals surface area contributed by atoms with E-state index >= 15 is 0 Å². The lowest BCUT2D eigenvalue weighted by Gasteiger charge is -2.34. The molecular weight excluding hydrogens is 548 g/mol. The summed E-state index contributed by atoms with van der Waals surface area (Å²) >= 11 is 0. The number of ether oxygens (including phenoxy) is 5. The van der Waals surface area contributed by atoms with Gasteiger partial charge in [-0.3, -0.25) is 0 Å². The monoisotopic (exact) mass is 594 g/mol. The summed E-state index contributed by atoms with van der Waals surface area (Å²) in [6, 6.07) is 6.39. The maximum absolute atomic E-state index is 13.3. The fourth-order valence-electron chi connectivity index (χ4n) is 3.49. The van der Waals surface area contributed by atoms with Crippen LogP contribution in [0.25, 0.3) is 0 Å². The molecule has 0 radical (unpaired) electrons. The topological polar surface area (TPSA) is 147 Å². The highest BCUT2D eigenvalue weighted by Crippen LogP contribution is 2.23. The molecule has 0 aliphatic carbocycles. The molecule has 0 saturated heterocycles. The average molecular weight is 595 g/mol. The van der Waals surface area contributed by atoms with Crippen molar-refractivity contribution in [1.82, 2.24) is 10.2 Å². The molecule has 0 unspecified atom stereocenters. The maximum Gasteiger partial charge on any atom is 0.420 e. The predicted molar refractivity (Wildman–Crippen MR) is 153 cm³/mol. The van der Waals surface area contributed by atoms with Gasteiger partial charge in [0.1, 0.15) is 35.5 Å². The Morgan fingerprint density at radius 2 is 1.24 bits per heavy atom. The highest BCUT2D eigenvalue weighted by Gasteiger charge is 2.42. The van der Waals surface area contributed by atoms with Crippen LogP contribution in [0.5, 0.6) is 0 Å². The summed E-state index contributed by atoms with van der Waals surface area (Å²) in [5.74, 6) is -1.61. The number of esters is 2. The van der Waals surface area contributed by atoms with Crippen molar-refractivity contribution < 1.29 is 47.7 Å². The van der Waals surface area contributed by atoms with Gasteiger partial charge in [0.25, 0.3) is 0 Å². The van der Waals surface area contributed by atoms with Crippen molar-refractivity contribution in [2.24, 2.45) is 0 Å². The Morgan fingerprint density at radius 1 is 0.738 bits per heavy atom. The summed E-state index contributed by atoms with van der Waals surface area (Å²) < 4.78 is 26.4. The smallest absolute Gasteiger partial charge is 0.420 e. The summed E-state index contributed by atoms with van der Waals surface area (Å²) in [7, 11) is 1.17. The first-order valence-electron chi connectivity index (χ1n) is 13.8. The van der Waals surface area contributed by atoms with Crippen LogP contribution in [0.1, 0.15) is 87.1 Å². The molecule has 0 spiro atoms. The molecule has 0 fully saturated rings. The molecule has 236 valence electrons. The lowest BCUT2D eigenvalue weighted by atomic mass is 10.0. The van der Waals surface area contributed by atoms with Crippen molar-refractivity contribution in [3.05, 3.63) is 35.9 Å². The predicted octanol–water partition coefficient (Wildman–Crippen LogP) is 5.51. The molecule has 0 aliphatic rings. The molecule has 12 nitrogen and oxygen atoms in total. The lowest BCUT2D eigenvalue weighted by molar-refractivity contribution is -0.161. The zero-order valence-corrected chi connectivity index (χ0v) is 26.4. The zero-order valence-electron chi connectivity index (χ0n) is 26.4. The van der Waals surface area contributed by atoms with Crippen LogP contribution in [0, 0.1) is 0 Å². The van der Waals surface area contributed by atoms with Gasteiger partial charge in [0, 0.05) is 0 Å². The molecule has 0 aromatic heterocycles. The minimum Gasteiger partial charge on any atom is -0.467 e. The second kappa shape index (κ2) is 15.4. The van der Waals surface area contributed by atoms with E-state index in [2.05, 4.69) is 5.32 Å². The number of benzene rings is 1. The van der Waals surface area contributed by atoms with Gasteiger partial charge >= 0.3 is 30.2 Å². The number of nitrogens with zero attached hydrogens (tertiary/aromatic N) is 1. The highest BCUT2D eigenvalue weighted by atomic mass is 16.6. The van der Waals surface area contributed by atoms with Crippen molar-refractivity contribution in [2.45, 2.75) is 117 Å². The molecule has 0 bridgehead atoms. The van der Waals surface area contributed by atoms with E-state index in [1.54, 1.807) is 86.6 Å². The number of nitrogens with one attached hydrogen (secondary N) is 1. The first-order chi connectivity index (χ1) is 19.2. The van der Waals surface area contributed by atoms with Gasteiger partial charge < -0.3 is 29.0 Å². The van der Waals surface area contributed by atoms with Crippen LogP contribution >= 0.6 is 0 Å². The summed E-state index contributed by atoms with van der Waals surface area (Å²) in [6.45, 7) is 14.6. The van der Waals surface area contributed by atoms with E-state index in [9.17, 15) is 24.0 Å². The molecular formula is C30H46N2O10. The summed E-state index contributed by atoms with van der Waals surface area (Å²) in [5.41, 5.74) is -2.17. The Morgan fingerprint density at radius 3 is 1.69 bits per heavy atom. The van der Waals surface area contributed by atoms with Crippen LogP contribution in [-0.4, -0.2) is 71.1 Å². The third-order valence-electron chi connectivity index (χ3n) is 5.13. The standard InChI is InChI=1S/C30H46N2O10/c1-28(2,3)40-24(34)22(32(26(36)41-29(4,5)6)27(37)42-30(7,8)9)18-14-17-21(23(33)38-10)31-25(35)39-19-20-15-12-11-13-16-20/h11-13,15-16,21-22H,14,17-19H2,1-10H3,(H,31,35)/t21-,22+/m1/s1. The number of hydrogen-bond acceptors (Lipinski definition) is 10.